The first kappa shape index (κ1) is 22.5. The third-order valence-corrected chi connectivity index (χ3v) is 5.06. The average Bonchev–Trinajstić information content (AvgIpc) is 2.68. The van der Waals surface area contributed by atoms with E-state index in [9.17, 15) is 4.79 Å². The van der Waals surface area contributed by atoms with Gasteiger partial charge >= 0.3 is 0 Å². The number of nitrogens with one attached hydrogen (secondary N) is 1. The van der Waals surface area contributed by atoms with Gasteiger partial charge in [0.1, 0.15) is 12.4 Å². The molecular formula is C21H26Cl2N2O3. The predicted molar refractivity (Wildman–Crippen MR) is 114 cm³/mol. The number of anilines is 1. The Hall–Kier alpha value is -1.79. The molecular weight excluding hydrogens is 399 g/mol. The lowest BCUT2D eigenvalue weighted by atomic mass is 9.92. The van der Waals surface area contributed by atoms with Gasteiger partial charge in [0.15, 0.2) is 0 Å². The van der Waals surface area contributed by atoms with E-state index in [2.05, 4.69) is 5.32 Å². The van der Waals surface area contributed by atoms with Crippen LogP contribution in [0.4, 0.5) is 5.69 Å². The lowest BCUT2D eigenvalue weighted by Crippen LogP contribution is -2.44. The van der Waals surface area contributed by atoms with Gasteiger partial charge in [-0.3, -0.25) is 4.79 Å². The number of hydrogen-bond acceptors (Lipinski definition) is 4. The molecule has 2 aromatic carbocycles. The third kappa shape index (κ3) is 6.11. The zero-order valence-corrected chi connectivity index (χ0v) is 17.4. The van der Waals surface area contributed by atoms with Gasteiger partial charge in [-0.05, 0) is 67.1 Å². The highest BCUT2D eigenvalue weighted by molar-refractivity contribution is 6.30. The summed E-state index contributed by atoms with van der Waals surface area (Å²) in [5, 5.41) is 3.62. The minimum Gasteiger partial charge on any atom is -0.489 e. The lowest BCUT2D eigenvalue weighted by Gasteiger charge is -2.27. The van der Waals surface area contributed by atoms with Gasteiger partial charge in [-0.1, -0.05) is 23.7 Å². The van der Waals surface area contributed by atoms with Gasteiger partial charge < -0.3 is 20.5 Å². The molecule has 1 amide bonds. The van der Waals surface area contributed by atoms with Gasteiger partial charge in [-0.2, -0.15) is 0 Å². The number of nitrogens with two attached hydrogens (primary N) is 1. The molecule has 3 rings (SSSR count). The largest absolute Gasteiger partial charge is 0.489 e. The maximum Gasteiger partial charge on any atom is 0.241 e. The van der Waals surface area contributed by atoms with Crippen LogP contribution in [0.3, 0.4) is 0 Å². The zero-order valence-electron chi connectivity index (χ0n) is 15.8. The minimum absolute atomic E-state index is 0. The Kier molecular flexibility index (Phi) is 8.58. The van der Waals surface area contributed by atoms with Crippen LogP contribution in [0.25, 0.3) is 0 Å². The first-order valence-electron chi connectivity index (χ1n) is 9.15. The molecule has 7 heteroatoms. The van der Waals surface area contributed by atoms with Crippen molar-refractivity contribution in [3.05, 3.63) is 58.6 Å². The maximum absolute atomic E-state index is 12.5. The minimum atomic E-state index is -0.521. The highest BCUT2D eigenvalue weighted by Gasteiger charge is 2.26. The third-order valence-electron chi connectivity index (χ3n) is 4.83. The second-order valence-corrected chi connectivity index (χ2v) is 7.30. The zero-order chi connectivity index (χ0) is 19.2. The Labute approximate surface area is 177 Å². The molecule has 1 atom stereocenters. The molecule has 152 valence electrons. The average molecular weight is 425 g/mol. The maximum atomic E-state index is 12.5. The first-order valence-corrected chi connectivity index (χ1v) is 9.53. The summed E-state index contributed by atoms with van der Waals surface area (Å²) in [6, 6.07) is 12.6. The molecule has 0 aromatic heterocycles. The number of benzene rings is 2. The van der Waals surface area contributed by atoms with Gasteiger partial charge in [0.2, 0.25) is 5.91 Å². The highest BCUT2D eigenvalue weighted by Crippen LogP contribution is 2.24. The Morgan fingerprint density at radius 2 is 2.04 bits per heavy atom. The fourth-order valence-corrected chi connectivity index (χ4v) is 3.38. The second kappa shape index (κ2) is 10.7. The molecule has 28 heavy (non-hydrogen) atoms. The highest BCUT2D eigenvalue weighted by atomic mass is 35.5. The van der Waals surface area contributed by atoms with Gasteiger partial charge in [0, 0.05) is 23.9 Å². The summed E-state index contributed by atoms with van der Waals surface area (Å²) < 4.78 is 11.2. The van der Waals surface area contributed by atoms with Crippen LogP contribution in [0.5, 0.6) is 5.75 Å². The van der Waals surface area contributed by atoms with Gasteiger partial charge in [-0.25, -0.2) is 0 Å². The number of aryl methyl sites for hydroxylation is 1. The fourth-order valence-electron chi connectivity index (χ4n) is 3.16. The fraction of sp³-hybridized carbons (Fsp3) is 0.381. The molecule has 0 radical (unpaired) electrons. The molecule has 3 N–H and O–H groups in total. The van der Waals surface area contributed by atoms with E-state index < -0.39 is 6.04 Å². The van der Waals surface area contributed by atoms with E-state index in [4.69, 9.17) is 26.8 Å². The van der Waals surface area contributed by atoms with Gasteiger partial charge in [0.25, 0.3) is 0 Å². The van der Waals surface area contributed by atoms with E-state index in [1.54, 1.807) is 0 Å². The van der Waals surface area contributed by atoms with Crippen LogP contribution < -0.4 is 15.8 Å². The Morgan fingerprint density at radius 1 is 1.29 bits per heavy atom. The van der Waals surface area contributed by atoms with E-state index in [0.717, 1.165) is 35.4 Å². The number of rotatable bonds is 6. The van der Waals surface area contributed by atoms with Gasteiger partial charge in [-0.15, -0.1) is 12.4 Å². The molecule has 1 aliphatic heterocycles. The lowest BCUT2D eigenvalue weighted by molar-refractivity contribution is -0.119. The standard InChI is InChI=1S/C21H25ClN2O3.ClH/c1-14-11-18(27-13-15-3-2-4-17(22)12-15)5-6-19(14)24-21(25)20(23)16-7-9-26-10-8-16;/h2-6,11-12,16,20H,7-10,13,23H2,1H3,(H,24,25);1H. The van der Waals surface area contributed by atoms with Crippen molar-refractivity contribution in [3.63, 3.8) is 0 Å². The Balaban J connectivity index is 0.00000280. The molecule has 1 fully saturated rings. The van der Waals surface area contributed by atoms with Crippen molar-refractivity contribution < 1.29 is 14.3 Å². The topological polar surface area (TPSA) is 73.6 Å². The van der Waals surface area contributed by atoms with Crippen molar-refractivity contribution in [1.29, 1.82) is 0 Å². The summed E-state index contributed by atoms with van der Waals surface area (Å²) in [5.41, 5.74) is 8.81. The number of hydrogen-bond donors (Lipinski definition) is 2. The van der Waals surface area contributed by atoms with Crippen LogP contribution in [-0.2, 0) is 16.1 Å². The van der Waals surface area contributed by atoms with Crippen LogP contribution >= 0.6 is 24.0 Å². The van der Waals surface area contributed by atoms with Crippen LogP contribution in [0.15, 0.2) is 42.5 Å². The summed E-state index contributed by atoms with van der Waals surface area (Å²) in [6.07, 6.45) is 1.65. The van der Waals surface area contributed by atoms with Crippen LogP contribution in [0.2, 0.25) is 5.02 Å². The quantitative estimate of drug-likeness (QED) is 0.722. The first-order chi connectivity index (χ1) is 13.0. The van der Waals surface area contributed by atoms with Crippen molar-refractivity contribution in [3.8, 4) is 5.75 Å². The van der Waals surface area contributed by atoms with E-state index in [1.165, 1.54) is 0 Å². The summed E-state index contributed by atoms with van der Waals surface area (Å²) in [5.74, 6) is 0.746. The predicted octanol–water partition coefficient (Wildman–Crippen LogP) is 4.34. The summed E-state index contributed by atoms with van der Waals surface area (Å²) in [4.78, 5) is 12.5. The number of amides is 1. The van der Waals surface area contributed by atoms with Gasteiger partial charge in [0.05, 0.1) is 6.04 Å². The van der Waals surface area contributed by atoms with Crippen LogP contribution in [0.1, 0.15) is 24.0 Å². The number of ether oxygens (including phenoxy) is 2. The molecule has 5 nitrogen and oxygen atoms in total. The Bertz CT molecular complexity index is 795. The summed E-state index contributed by atoms with van der Waals surface area (Å²) >= 11 is 5.99. The van der Waals surface area contributed by atoms with E-state index in [-0.39, 0.29) is 24.2 Å². The van der Waals surface area contributed by atoms with Crippen molar-refractivity contribution in [2.24, 2.45) is 11.7 Å². The van der Waals surface area contributed by atoms with Crippen molar-refractivity contribution in [2.75, 3.05) is 18.5 Å². The van der Waals surface area contributed by atoms with Crippen LogP contribution in [0, 0.1) is 12.8 Å². The molecule has 2 aromatic rings. The van der Waals surface area contributed by atoms with Crippen molar-refractivity contribution >= 4 is 35.6 Å². The molecule has 0 saturated carbocycles. The molecule has 0 spiro atoms. The van der Waals surface area contributed by atoms with E-state index in [1.807, 2.05) is 49.4 Å². The monoisotopic (exact) mass is 424 g/mol. The summed E-state index contributed by atoms with van der Waals surface area (Å²) in [6.45, 7) is 3.70. The van der Waals surface area contributed by atoms with E-state index >= 15 is 0 Å². The number of carbonyl (C=O) groups excluding carboxylic acids is 1. The van der Waals surface area contributed by atoms with Crippen molar-refractivity contribution in [2.45, 2.75) is 32.4 Å². The number of halogens is 2. The summed E-state index contributed by atoms with van der Waals surface area (Å²) in [7, 11) is 0. The molecule has 1 unspecified atom stereocenters. The van der Waals surface area contributed by atoms with Crippen LogP contribution in [-0.4, -0.2) is 25.2 Å². The van der Waals surface area contributed by atoms with Crippen molar-refractivity contribution in [1.82, 2.24) is 0 Å². The second-order valence-electron chi connectivity index (χ2n) is 6.86. The SMILES string of the molecule is Cc1cc(OCc2cccc(Cl)c2)ccc1NC(=O)C(N)C1CCOCC1.Cl. The normalized spacial score (nSPS) is 15.4. The molecule has 1 aliphatic rings. The Morgan fingerprint density at radius 3 is 2.71 bits per heavy atom. The molecule has 0 aliphatic carbocycles. The smallest absolute Gasteiger partial charge is 0.241 e. The molecule has 1 heterocycles. The number of carbonyl (C=O) groups is 1. The van der Waals surface area contributed by atoms with E-state index in [0.29, 0.717) is 24.8 Å². The molecule has 0 bridgehead atoms. The molecule has 1 saturated heterocycles.